The number of hydrogen-bond donors (Lipinski definition) is 1. The molecule has 132 valence electrons. The molecule has 0 bridgehead atoms. The second kappa shape index (κ2) is 7.30. The van der Waals surface area contributed by atoms with Crippen LogP contribution in [0.1, 0.15) is 27.4 Å². The number of rotatable bonds is 4. The molecule has 0 saturated carbocycles. The van der Waals surface area contributed by atoms with Crippen molar-refractivity contribution in [2.45, 2.75) is 25.8 Å². The molecule has 1 amide bonds. The molecular formula is C21H20N2O2S. The zero-order valence-electron chi connectivity index (χ0n) is 14.4. The van der Waals surface area contributed by atoms with E-state index >= 15 is 0 Å². The third-order valence-electron chi connectivity index (χ3n) is 4.68. The maximum Gasteiger partial charge on any atom is 0.228 e. The van der Waals surface area contributed by atoms with E-state index in [2.05, 4.69) is 17.1 Å². The first-order valence-corrected chi connectivity index (χ1v) is 9.61. The number of fused-ring (bicyclic) bond motifs is 1. The molecule has 1 N–H and O–H groups in total. The molecular weight excluding hydrogens is 344 g/mol. The third kappa shape index (κ3) is 3.78. The van der Waals surface area contributed by atoms with Crippen molar-refractivity contribution < 1.29 is 9.90 Å². The zero-order valence-corrected chi connectivity index (χ0v) is 15.2. The van der Waals surface area contributed by atoms with Crippen molar-refractivity contribution in [3.63, 3.8) is 0 Å². The quantitative estimate of drug-likeness (QED) is 0.770. The fourth-order valence-electron chi connectivity index (χ4n) is 3.30. The standard InChI is InChI=1S/C21H20N2O2S/c24-19-7-6-16-8-9-23(13-17(16)11-19)21(25)12-18-14-26-20(22-18)10-15-4-2-1-3-5-15/h1-7,11,14,24H,8-10,12-13H2. The van der Waals surface area contributed by atoms with E-state index in [0.29, 0.717) is 13.0 Å². The van der Waals surface area contributed by atoms with Gasteiger partial charge in [0.05, 0.1) is 17.1 Å². The molecule has 0 unspecified atom stereocenters. The molecule has 5 heteroatoms. The summed E-state index contributed by atoms with van der Waals surface area (Å²) < 4.78 is 0. The Balaban J connectivity index is 1.39. The molecule has 1 aliphatic rings. The number of amides is 1. The number of benzene rings is 2. The predicted octanol–water partition coefficient (Wildman–Crippen LogP) is 3.57. The lowest BCUT2D eigenvalue weighted by Crippen LogP contribution is -2.36. The normalized spacial score (nSPS) is 13.5. The third-order valence-corrected chi connectivity index (χ3v) is 5.58. The van der Waals surface area contributed by atoms with Crippen LogP contribution in [0.3, 0.4) is 0 Å². The van der Waals surface area contributed by atoms with Crippen molar-refractivity contribution >= 4 is 17.2 Å². The summed E-state index contributed by atoms with van der Waals surface area (Å²) in [5, 5.41) is 12.7. The van der Waals surface area contributed by atoms with Crippen LogP contribution in [0.15, 0.2) is 53.9 Å². The Morgan fingerprint density at radius 2 is 2.00 bits per heavy atom. The van der Waals surface area contributed by atoms with Gasteiger partial charge in [-0.25, -0.2) is 4.98 Å². The summed E-state index contributed by atoms with van der Waals surface area (Å²) in [6, 6.07) is 15.7. The van der Waals surface area contributed by atoms with Crippen molar-refractivity contribution in [3.05, 3.63) is 81.3 Å². The van der Waals surface area contributed by atoms with Crippen molar-refractivity contribution in [1.82, 2.24) is 9.88 Å². The van der Waals surface area contributed by atoms with E-state index in [1.807, 2.05) is 34.5 Å². The molecule has 0 radical (unpaired) electrons. The fraction of sp³-hybridized carbons (Fsp3) is 0.238. The smallest absolute Gasteiger partial charge is 0.228 e. The van der Waals surface area contributed by atoms with Crippen molar-refractivity contribution in [2.24, 2.45) is 0 Å². The summed E-state index contributed by atoms with van der Waals surface area (Å²) in [7, 11) is 0. The number of carbonyl (C=O) groups excluding carboxylic acids is 1. The second-order valence-corrected chi connectivity index (χ2v) is 7.53. The second-order valence-electron chi connectivity index (χ2n) is 6.59. The zero-order chi connectivity index (χ0) is 17.9. The van der Waals surface area contributed by atoms with Gasteiger partial charge in [0.2, 0.25) is 5.91 Å². The summed E-state index contributed by atoms with van der Waals surface area (Å²) in [6.07, 6.45) is 1.97. The molecule has 0 fully saturated rings. The van der Waals surface area contributed by atoms with Crippen LogP contribution in [-0.4, -0.2) is 27.4 Å². The van der Waals surface area contributed by atoms with E-state index in [0.717, 1.165) is 35.7 Å². The van der Waals surface area contributed by atoms with Gasteiger partial charge in [-0.1, -0.05) is 36.4 Å². The molecule has 1 aromatic heterocycles. The van der Waals surface area contributed by atoms with Crippen molar-refractivity contribution in [3.8, 4) is 5.75 Å². The lowest BCUT2D eigenvalue weighted by Gasteiger charge is -2.28. The Bertz CT molecular complexity index is 921. The molecule has 0 atom stereocenters. The lowest BCUT2D eigenvalue weighted by molar-refractivity contribution is -0.131. The first-order valence-electron chi connectivity index (χ1n) is 8.73. The monoisotopic (exact) mass is 364 g/mol. The SMILES string of the molecule is O=C(Cc1csc(Cc2ccccc2)n1)N1CCc2ccc(O)cc2C1. The number of thiazole rings is 1. The number of phenols is 1. The number of aromatic nitrogens is 1. The Labute approximate surface area is 156 Å². The Kier molecular flexibility index (Phi) is 4.71. The maximum absolute atomic E-state index is 12.7. The highest BCUT2D eigenvalue weighted by atomic mass is 32.1. The minimum atomic E-state index is 0.0931. The minimum Gasteiger partial charge on any atom is -0.508 e. The highest BCUT2D eigenvalue weighted by molar-refractivity contribution is 7.09. The average Bonchev–Trinajstić information content (AvgIpc) is 3.08. The first kappa shape index (κ1) is 16.8. The van der Waals surface area contributed by atoms with Gasteiger partial charge in [-0.3, -0.25) is 4.79 Å². The van der Waals surface area contributed by atoms with Crippen LogP contribution < -0.4 is 0 Å². The molecule has 1 aliphatic heterocycles. The van der Waals surface area contributed by atoms with Gasteiger partial charge >= 0.3 is 0 Å². The highest BCUT2D eigenvalue weighted by Gasteiger charge is 2.21. The van der Waals surface area contributed by atoms with Crippen LogP contribution in [0.4, 0.5) is 0 Å². The van der Waals surface area contributed by atoms with Crippen LogP contribution in [-0.2, 0) is 30.6 Å². The summed E-state index contributed by atoms with van der Waals surface area (Å²) >= 11 is 1.61. The van der Waals surface area contributed by atoms with Gasteiger partial charge in [-0.05, 0) is 35.2 Å². The summed E-state index contributed by atoms with van der Waals surface area (Å²) in [4.78, 5) is 19.1. The van der Waals surface area contributed by atoms with Gasteiger partial charge < -0.3 is 10.0 Å². The Hall–Kier alpha value is -2.66. The molecule has 4 rings (SSSR count). The summed E-state index contributed by atoms with van der Waals surface area (Å²) in [5.74, 6) is 0.346. The van der Waals surface area contributed by atoms with Gasteiger partial charge in [0.1, 0.15) is 5.75 Å². The van der Waals surface area contributed by atoms with Crippen LogP contribution >= 0.6 is 11.3 Å². The highest BCUT2D eigenvalue weighted by Crippen LogP contribution is 2.24. The number of phenolic OH excluding ortho intramolecular Hbond substituents is 1. The molecule has 2 heterocycles. The number of nitrogens with zero attached hydrogens (tertiary/aromatic N) is 2. The van der Waals surface area contributed by atoms with Gasteiger partial charge in [0, 0.05) is 24.9 Å². The number of hydrogen-bond acceptors (Lipinski definition) is 4. The van der Waals surface area contributed by atoms with Gasteiger partial charge in [0.15, 0.2) is 0 Å². The first-order chi connectivity index (χ1) is 12.7. The van der Waals surface area contributed by atoms with E-state index in [-0.39, 0.29) is 11.7 Å². The molecule has 0 aliphatic carbocycles. The molecule has 2 aromatic carbocycles. The van der Waals surface area contributed by atoms with Crippen molar-refractivity contribution in [2.75, 3.05) is 6.54 Å². The molecule has 4 nitrogen and oxygen atoms in total. The van der Waals surface area contributed by atoms with Crippen LogP contribution in [0.25, 0.3) is 0 Å². The van der Waals surface area contributed by atoms with Crippen LogP contribution in [0.5, 0.6) is 5.75 Å². The van der Waals surface area contributed by atoms with E-state index in [1.165, 1.54) is 11.1 Å². The lowest BCUT2D eigenvalue weighted by atomic mass is 9.99. The van der Waals surface area contributed by atoms with E-state index in [9.17, 15) is 9.90 Å². The predicted molar refractivity (Wildman–Crippen MR) is 102 cm³/mol. The largest absolute Gasteiger partial charge is 0.508 e. The fourth-order valence-corrected chi connectivity index (χ4v) is 4.13. The van der Waals surface area contributed by atoms with E-state index in [1.54, 1.807) is 23.5 Å². The maximum atomic E-state index is 12.7. The summed E-state index contributed by atoms with van der Waals surface area (Å²) in [5.41, 5.74) is 4.32. The van der Waals surface area contributed by atoms with E-state index < -0.39 is 0 Å². The van der Waals surface area contributed by atoms with E-state index in [4.69, 9.17) is 0 Å². The molecule has 0 saturated heterocycles. The molecule has 26 heavy (non-hydrogen) atoms. The van der Waals surface area contributed by atoms with Crippen molar-refractivity contribution in [1.29, 1.82) is 0 Å². The van der Waals surface area contributed by atoms with Gasteiger partial charge in [-0.15, -0.1) is 11.3 Å². The molecule has 0 spiro atoms. The number of carbonyl (C=O) groups is 1. The van der Waals surface area contributed by atoms with Crippen LogP contribution in [0, 0.1) is 0 Å². The molecule has 3 aromatic rings. The Morgan fingerprint density at radius 3 is 2.85 bits per heavy atom. The topological polar surface area (TPSA) is 53.4 Å². The number of aromatic hydroxyl groups is 1. The average molecular weight is 364 g/mol. The summed E-state index contributed by atoms with van der Waals surface area (Å²) in [6.45, 7) is 1.28. The van der Waals surface area contributed by atoms with Crippen LogP contribution in [0.2, 0.25) is 0 Å². The minimum absolute atomic E-state index is 0.0931. The van der Waals surface area contributed by atoms with Gasteiger partial charge in [0.25, 0.3) is 0 Å². The van der Waals surface area contributed by atoms with Gasteiger partial charge in [-0.2, -0.15) is 0 Å². The Morgan fingerprint density at radius 1 is 1.15 bits per heavy atom.